The van der Waals surface area contributed by atoms with Crippen molar-refractivity contribution in [3.8, 4) is 11.1 Å². The van der Waals surface area contributed by atoms with Gasteiger partial charge in [0.15, 0.2) is 0 Å². The molecular formula is C13H9F2N3. The lowest BCUT2D eigenvalue weighted by Gasteiger charge is -2.03. The highest BCUT2D eigenvalue weighted by Crippen LogP contribution is 2.27. The topological polar surface area (TPSA) is 30.7 Å². The molecule has 0 saturated carbocycles. The lowest BCUT2D eigenvalue weighted by atomic mass is 10.0. The maximum Gasteiger partial charge on any atom is 0.333 e. The smallest absolute Gasteiger partial charge is 0.256 e. The first kappa shape index (κ1) is 10.8. The normalized spacial score (nSPS) is 11.3. The number of hydrogen-bond donors (Lipinski definition) is 0. The van der Waals surface area contributed by atoms with Gasteiger partial charge in [0.05, 0.1) is 11.7 Å². The minimum atomic E-state index is -2.62. The number of nitrogens with zero attached hydrogens (tertiary/aromatic N) is 3. The molecule has 0 radical (unpaired) electrons. The second-order valence-corrected chi connectivity index (χ2v) is 3.86. The van der Waals surface area contributed by atoms with Crippen LogP contribution in [0.2, 0.25) is 0 Å². The molecule has 0 unspecified atom stereocenters. The Morgan fingerprint density at radius 3 is 2.78 bits per heavy atom. The van der Waals surface area contributed by atoms with E-state index in [9.17, 15) is 8.78 Å². The van der Waals surface area contributed by atoms with E-state index < -0.39 is 6.55 Å². The molecule has 5 heteroatoms. The number of fused-ring (bicyclic) bond motifs is 1. The summed E-state index contributed by atoms with van der Waals surface area (Å²) in [4.78, 5) is 4.23. The first-order valence-corrected chi connectivity index (χ1v) is 5.42. The average Bonchev–Trinajstić information content (AvgIpc) is 2.87. The maximum absolute atomic E-state index is 12.5. The van der Waals surface area contributed by atoms with E-state index in [2.05, 4.69) is 10.1 Å². The van der Waals surface area contributed by atoms with Gasteiger partial charge in [0, 0.05) is 23.3 Å². The van der Waals surface area contributed by atoms with Gasteiger partial charge in [-0.25, -0.2) is 4.68 Å². The Hall–Kier alpha value is -2.30. The molecule has 90 valence electrons. The Morgan fingerprint density at radius 2 is 2.00 bits per heavy atom. The van der Waals surface area contributed by atoms with E-state index in [1.165, 1.54) is 12.4 Å². The van der Waals surface area contributed by atoms with Gasteiger partial charge in [-0.15, -0.1) is 0 Å². The molecule has 0 amide bonds. The van der Waals surface area contributed by atoms with Crippen LogP contribution in [-0.2, 0) is 0 Å². The van der Waals surface area contributed by atoms with Gasteiger partial charge in [0.1, 0.15) is 0 Å². The molecule has 0 aliphatic carbocycles. The van der Waals surface area contributed by atoms with Gasteiger partial charge in [-0.3, -0.25) is 4.98 Å². The van der Waals surface area contributed by atoms with E-state index in [0.717, 1.165) is 16.5 Å². The average molecular weight is 245 g/mol. The van der Waals surface area contributed by atoms with Crippen molar-refractivity contribution in [3.63, 3.8) is 0 Å². The molecule has 3 nitrogen and oxygen atoms in total. The molecule has 0 saturated heterocycles. The fraction of sp³-hybridized carbons (Fsp3) is 0.0769. The number of hydrogen-bond acceptors (Lipinski definition) is 2. The van der Waals surface area contributed by atoms with Crippen LogP contribution in [0.3, 0.4) is 0 Å². The number of aromatic nitrogens is 3. The Bertz CT molecular complexity index is 686. The van der Waals surface area contributed by atoms with Gasteiger partial charge in [-0.2, -0.15) is 13.9 Å². The van der Waals surface area contributed by atoms with Gasteiger partial charge in [0.2, 0.25) is 0 Å². The SMILES string of the molecule is FC(F)n1cc(-c2cccc3ncccc23)cn1. The Morgan fingerprint density at radius 1 is 1.11 bits per heavy atom. The molecule has 2 aromatic heterocycles. The minimum Gasteiger partial charge on any atom is -0.256 e. The van der Waals surface area contributed by atoms with Crippen LogP contribution in [-0.4, -0.2) is 14.8 Å². The monoisotopic (exact) mass is 245 g/mol. The molecule has 18 heavy (non-hydrogen) atoms. The molecule has 2 heterocycles. The summed E-state index contributed by atoms with van der Waals surface area (Å²) < 4.78 is 25.6. The third-order valence-corrected chi connectivity index (χ3v) is 2.76. The molecule has 0 bridgehead atoms. The van der Waals surface area contributed by atoms with Crippen LogP contribution in [0.1, 0.15) is 6.55 Å². The molecule has 0 fully saturated rings. The second-order valence-electron chi connectivity index (χ2n) is 3.86. The zero-order valence-corrected chi connectivity index (χ0v) is 9.29. The molecule has 3 aromatic rings. The highest BCUT2D eigenvalue weighted by Gasteiger charge is 2.10. The zero-order valence-electron chi connectivity index (χ0n) is 9.29. The van der Waals surface area contributed by atoms with Crippen molar-refractivity contribution in [2.24, 2.45) is 0 Å². The lowest BCUT2D eigenvalue weighted by Crippen LogP contribution is -1.96. The number of rotatable bonds is 2. The molecule has 0 N–H and O–H groups in total. The van der Waals surface area contributed by atoms with Crippen LogP contribution in [0.25, 0.3) is 22.0 Å². The lowest BCUT2D eigenvalue weighted by molar-refractivity contribution is 0.0566. The quantitative estimate of drug-likeness (QED) is 0.691. The predicted molar refractivity (Wildman–Crippen MR) is 64.2 cm³/mol. The van der Waals surface area contributed by atoms with Crippen molar-refractivity contribution in [2.75, 3.05) is 0 Å². The Kier molecular flexibility index (Phi) is 2.51. The van der Waals surface area contributed by atoms with Gasteiger partial charge in [-0.1, -0.05) is 18.2 Å². The molecular weight excluding hydrogens is 236 g/mol. The number of alkyl halides is 2. The van der Waals surface area contributed by atoms with E-state index in [1.54, 1.807) is 6.20 Å². The molecule has 0 aliphatic rings. The molecule has 0 atom stereocenters. The van der Waals surface area contributed by atoms with Crippen molar-refractivity contribution < 1.29 is 8.78 Å². The predicted octanol–water partition coefficient (Wildman–Crippen LogP) is 3.49. The summed E-state index contributed by atoms with van der Waals surface area (Å²) in [6.07, 6.45) is 4.48. The minimum absolute atomic E-state index is 0.643. The number of pyridine rings is 1. The van der Waals surface area contributed by atoms with Crippen LogP contribution in [0.15, 0.2) is 48.9 Å². The van der Waals surface area contributed by atoms with Crippen molar-refractivity contribution in [1.29, 1.82) is 0 Å². The standard InChI is InChI=1S/C13H9F2N3/c14-13(15)18-8-9(7-17-18)10-3-1-5-12-11(10)4-2-6-16-12/h1-8,13H. The Labute approximate surface area is 102 Å². The highest BCUT2D eigenvalue weighted by atomic mass is 19.3. The van der Waals surface area contributed by atoms with Crippen molar-refractivity contribution in [2.45, 2.75) is 6.55 Å². The number of halogens is 2. The van der Waals surface area contributed by atoms with Crippen LogP contribution in [0, 0.1) is 0 Å². The van der Waals surface area contributed by atoms with Crippen molar-refractivity contribution in [3.05, 3.63) is 48.9 Å². The summed E-state index contributed by atoms with van der Waals surface area (Å²) >= 11 is 0. The third-order valence-electron chi connectivity index (χ3n) is 2.76. The van der Waals surface area contributed by atoms with Crippen LogP contribution < -0.4 is 0 Å². The summed E-state index contributed by atoms with van der Waals surface area (Å²) in [5.74, 6) is 0. The second kappa shape index (κ2) is 4.18. The maximum atomic E-state index is 12.5. The third kappa shape index (κ3) is 1.73. The van der Waals surface area contributed by atoms with E-state index in [0.29, 0.717) is 10.2 Å². The molecule has 0 spiro atoms. The van der Waals surface area contributed by atoms with Gasteiger partial charge >= 0.3 is 6.55 Å². The summed E-state index contributed by atoms with van der Waals surface area (Å²) in [7, 11) is 0. The van der Waals surface area contributed by atoms with Gasteiger partial charge in [0.25, 0.3) is 0 Å². The summed E-state index contributed by atoms with van der Waals surface area (Å²) in [5, 5.41) is 4.57. The molecule has 3 rings (SSSR count). The van der Waals surface area contributed by atoms with Crippen LogP contribution in [0.4, 0.5) is 8.78 Å². The fourth-order valence-electron chi connectivity index (χ4n) is 1.94. The fourth-order valence-corrected chi connectivity index (χ4v) is 1.94. The largest absolute Gasteiger partial charge is 0.333 e. The first-order valence-electron chi connectivity index (χ1n) is 5.42. The van der Waals surface area contributed by atoms with Crippen LogP contribution >= 0.6 is 0 Å². The number of benzene rings is 1. The molecule has 1 aromatic carbocycles. The van der Waals surface area contributed by atoms with E-state index in [1.807, 2.05) is 30.3 Å². The Balaban J connectivity index is 2.18. The van der Waals surface area contributed by atoms with E-state index in [4.69, 9.17) is 0 Å². The summed E-state index contributed by atoms with van der Waals surface area (Å²) in [6, 6.07) is 9.35. The summed E-state index contributed by atoms with van der Waals surface area (Å²) in [6.45, 7) is -2.62. The molecule has 0 aliphatic heterocycles. The first-order chi connectivity index (χ1) is 8.75. The van der Waals surface area contributed by atoms with Gasteiger partial charge < -0.3 is 0 Å². The van der Waals surface area contributed by atoms with Crippen molar-refractivity contribution >= 4 is 10.9 Å². The van der Waals surface area contributed by atoms with Crippen molar-refractivity contribution in [1.82, 2.24) is 14.8 Å². The summed E-state index contributed by atoms with van der Waals surface area (Å²) in [5.41, 5.74) is 2.35. The van der Waals surface area contributed by atoms with Crippen LogP contribution in [0.5, 0.6) is 0 Å². The zero-order chi connectivity index (χ0) is 12.5. The van der Waals surface area contributed by atoms with Gasteiger partial charge in [-0.05, 0) is 17.7 Å². The highest BCUT2D eigenvalue weighted by molar-refractivity contribution is 5.94. The van der Waals surface area contributed by atoms with E-state index >= 15 is 0 Å². The van der Waals surface area contributed by atoms with E-state index in [-0.39, 0.29) is 0 Å².